The Morgan fingerprint density at radius 2 is 1.96 bits per heavy atom. The van der Waals surface area contributed by atoms with Crippen molar-refractivity contribution in [3.05, 3.63) is 59.4 Å². The third-order valence-electron chi connectivity index (χ3n) is 4.03. The quantitative estimate of drug-likeness (QED) is 0.932. The van der Waals surface area contributed by atoms with E-state index in [0.29, 0.717) is 19.6 Å². The lowest BCUT2D eigenvalue weighted by molar-refractivity contribution is 0.0829. The summed E-state index contributed by atoms with van der Waals surface area (Å²) < 4.78 is 44.1. The van der Waals surface area contributed by atoms with E-state index in [2.05, 4.69) is 0 Å². The summed E-state index contributed by atoms with van der Waals surface area (Å²) in [6, 6.07) is 9.86. The zero-order chi connectivity index (χ0) is 16.4. The van der Waals surface area contributed by atoms with Gasteiger partial charge in [0.05, 0.1) is 23.0 Å². The molecule has 1 atom stereocenters. The Morgan fingerprint density at radius 1 is 1.17 bits per heavy atom. The molecule has 2 aromatic carbocycles. The number of hydrogen-bond donors (Lipinski definition) is 1. The minimum atomic E-state index is -3.77. The van der Waals surface area contributed by atoms with Gasteiger partial charge in [0.15, 0.2) is 0 Å². The number of halogens is 1. The summed E-state index contributed by atoms with van der Waals surface area (Å²) in [7, 11) is -3.77. The summed E-state index contributed by atoms with van der Waals surface area (Å²) in [5.74, 6) is -0.523. The maximum Gasteiger partial charge on any atom is 0.206 e. The molecule has 1 aliphatic rings. The van der Waals surface area contributed by atoms with Crippen LogP contribution in [0.3, 0.4) is 0 Å². The van der Waals surface area contributed by atoms with Crippen molar-refractivity contribution in [2.75, 3.05) is 13.2 Å². The average molecular weight is 336 g/mol. The highest BCUT2D eigenvalue weighted by Gasteiger charge is 2.24. The number of hydrogen-bond acceptors (Lipinski definition) is 4. The van der Waals surface area contributed by atoms with Gasteiger partial charge in [-0.15, -0.1) is 0 Å². The SMILES string of the molecule is O=S(=O)(c1cccc(F)c1)c1ccc2c(c1)COCC2CCO. The molecule has 1 N–H and O–H groups in total. The summed E-state index contributed by atoms with van der Waals surface area (Å²) in [5.41, 5.74) is 1.80. The molecule has 1 heterocycles. The first-order valence-electron chi connectivity index (χ1n) is 7.34. The van der Waals surface area contributed by atoms with E-state index in [9.17, 15) is 12.8 Å². The molecule has 0 saturated heterocycles. The lowest BCUT2D eigenvalue weighted by atomic mass is 9.91. The van der Waals surface area contributed by atoms with E-state index in [1.165, 1.54) is 24.3 Å². The number of benzene rings is 2. The van der Waals surface area contributed by atoms with Crippen LogP contribution >= 0.6 is 0 Å². The third-order valence-corrected chi connectivity index (χ3v) is 5.77. The van der Waals surface area contributed by atoms with Gasteiger partial charge in [0, 0.05) is 12.5 Å². The van der Waals surface area contributed by atoms with Crippen molar-refractivity contribution in [3.8, 4) is 0 Å². The van der Waals surface area contributed by atoms with E-state index in [1.54, 1.807) is 12.1 Å². The van der Waals surface area contributed by atoms with Gasteiger partial charge in [-0.05, 0) is 47.9 Å². The molecule has 0 spiro atoms. The Kier molecular flexibility index (Phi) is 4.48. The van der Waals surface area contributed by atoms with Crippen LogP contribution in [0.25, 0.3) is 0 Å². The maximum absolute atomic E-state index is 13.3. The smallest absolute Gasteiger partial charge is 0.206 e. The molecule has 122 valence electrons. The first kappa shape index (κ1) is 16.1. The Morgan fingerprint density at radius 3 is 2.70 bits per heavy atom. The molecule has 0 aliphatic carbocycles. The summed E-state index contributed by atoms with van der Waals surface area (Å²) >= 11 is 0. The topological polar surface area (TPSA) is 63.6 Å². The Bertz CT molecular complexity index is 817. The van der Waals surface area contributed by atoms with Gasteiger partial charge in [-0.25, -0.2) is 12.8 Å². The summed E-state index contributed by atoms with van der Waals surface area (Å²) in [6.07, 6.45) is 0.572. The van der Waals surface area contributed by atoms with Gasteiger partial charge in [-0.2, -0.15) is 0 Å². The lowest BCUT2D eigenvalue weighted by Crippen LogP contribution is -2.18. The Balaban J connectivity index is 2.01. The van der Waals surface area contributed by atoms with Gasteiger partial charge in [-0.3, -0.25) is 0 Å². The molecule has 0 aromatic heterocycles. The van der Waals surface area contributed by atoms with Crippen molar-refractivity contribution in [2.24, 2.45) is 0 Å². The van der Waals surface area contributed by atoms with Crippen LogP contribution in [0, 0.1) is 5.82 Å². The summed E-state index contributed by atoms with van der Waals surface area (Å²) in [5, 5.41) is 9.12. The number of sulfone groups is 1. The molecule has 1 unspecified atom stereocenters. The molecule has 4 nitrogen and oxygen atoms in total. The first-order valence-corrected chi connectivity index (χ1v) is 8.83. The van der Waals surface area contributed by atoms with Gasteiger partial charge < -0.3 is 9.84 Å². The van der Waals surface area contributed by atoms with E-state index in [1.807, 2.05) is 0 Å². The average Bonchev–Trinajstić information content (AvgIpc) is 2.55. The molecule has 1 aliphatic heterocycles. The van der Waals surface area contributed by atoms with Gasteiger partial charge in [0.1, 0.15) is 5.82 Å². The maximum atomic E-state index is 13.3. The lowest BCUT2D eigenvalue weighted by Gasteiger charge is -2.25. The van der Waals surface area contributed by atoms with Crippen LogP contribution in [-0.2, 0) is 21.2 Å². The van der Waals surface area contributed by atoms with E-state index in [-0.39, 0.29) is 22.3 Å². The van der Waals surface area contributed by atoms with Crippen LogP contribution in [0.5, 0.6) is 0 Å². The fraction of sp³-hybridized carbons (Fsp3) is 0.294. The summed E-state index contributed by atoms with van der Waals surface area (Å²) in [4.78, 5) is 0.0520. The van der Waals surface area contributed by atoms with Crippen molar-refractivity contribution < 1.29 is 22.7 Å². The van der Waals surface area contributed by atoms with E-state index >= 15 is 0 Å². The molecule has 3 rings (SSSR count). The zero-order valence-electron chi connectivity index (χ0n) is 12.4. The van der Waals surface area contributed by atoms with Crippen LogP contribution in [0.1, 0.15) is 23.5 Å². The number of ether oxygens (including phenoxy) is 1. The molecule has 0 fully saturated rings. The fourth-order valence-corrected chi connectivity index (χ4v) is 4.18. The number of rotatable bonds is 4. The van der Waals surface area contributed by atoms with Crippen LogP contribution in [0.15, 0.2) is 52.3 Å². The van der Waals surface area contributed by atoms with Crippen LogP contribution in [0.4, 0.5) is 4.39 Å². The predicted octanol–water partition coefficient (Wildman–Crippen LogP) is 2.65. The van der Waals surface area contributed by atoms with Crippen LogP contribution < -0.4 is 0 Å². The molecule has 23 heavy (non-hydrogen) atoms. The fourth-order valence-electron chi connectivity index (χ4n) is 2.84. The van der Waals surface area contributed by atoms with Gasteiger partial charge >= 0.3 is 0 Å². The minimum Gasteiger partial charge on any atom is -0.396 e. The molecular formula is C17H17FO4S. The number of aliphatic hydroxyl groups is 1. The standard InChI is InChI=1S/C17H17FO4S/c18-14-2-1-3-15(9-14)23(20,21)16-4-5-17-12(6-7-19)10-22-11-13(17)8-16/h1-5,8-9,12,19H,6-7,10-11H2. The Labute approximate surface area is 134 Å². The van der Waals surface area contributed by atoms with Crippen LogP contribution in [0.2, 0.25) is 0 Å². The van der Waals surface area contributed by atoms with Gasteiger partial charge in [-0.1, -0.05) is 12.1 Å². The van der Waals surface area contributed by atoms with E-state index < -0.39 is 15.7 Å². The van der Waals surface area contributed by atoms with Crippen molar-refractivity contribution in [3.63, 3.8) is 0 Å². The largest absolute Gasteiger partial charge is 0.396 e. The molecule has 0 amide bonds. The van der Waals surface area contributed by atoms with Crippen molar-refractivity contribution in [1.82, 2.24) is 0 Å². The van der Waals surface area contributed by atoms with E-state index in [4.69, 9.17) is 9.84 Å². The first-order chi connectivity index (χ1) is 11.0. The summed E-state index contributed by atoms with van der Waals surface area (Å²) in [6.45, 7) is 0.907. The highest BCUT2D eigenvalue weighted by molar-refractivity contribution is 7.91. The highest BCUT2D eigenvalue weighted by atomic mass is 32.2. The molecule has 0 bridgehead atoms. The van der Waals surface area contributed by atoms with Crippen LogP contribution in [-0.4, -0.2) is 26.7 Å². The number of fused-ring (bicyclic) bond motifs is 1. The second kappa shape index (κ2) is 6.39. The van der Waals surface area contributed by atoms with Gasteiger partial charge in [0.25, 0.3) is 0 Å². The Hall–Kier alpha value is -1.76. The monoisotopic (exact) mass is 336 g/mol. The highest BCUT2D eigenvalue weighted by Crippen LogP contribution is 2.32. The molecule has 0 saturated carbocycles. The van der Waals surface area contributed by atoms with E-state index in [0.717, 1.165) is 17.2 Å². The molecule has 2 aromatic rings. The second-order valence-electron chi connectivity index (χ2n) is 5.55. The van der Waals surface area contributed by atoms with Crippen molar-refractivity contribution in [2.45, 2.75) is 28.7 Å². The molecule has 0 radical (unpaired) electrons. The predicted molar refractivity (Wildman–Crippen MR) is 82.4 cm³/mol. The third kappa shape index (κ3) is 3.15. The zero-order valence-corrected chi connectivity index (χ0v) is 13.2. The number of aliphatic hydroxyl groups excluding tert-OH is 1. The normalized spacial score (nSPS) is 17.7. The minimum absolute atomic E-state index is 0.0524. The molecule has 6 heteroatoms. The second-order valence-corrected chi connectivity index (χ2v) is 7.50. The van der Waals surface area contributed by atoms with Crippen molar-refractivity contribution in [1.29, 1.82) is 0 Å². The molecular weight excluding hydrogens is 319 g/mol. The van der Waals surface area contributed by atoms with Gasteiger partial charge in [0.2, 0.25) is 9.84 Å². The van der Waals surface area contributed by atoms with Crippen molar-refractivity contribution >= 4 is 9.84 Å².